The van der Waals surface area contributed by atoms with Crippen LogP contribution in [0.5, 0.6) is 0 Å². The highest BCUT2D eigenvalue weighted by atomic mass is 16.6. The predicted molar refractivity (Wildman–Crippen MR) is 449 cm³/mol. The molecular weight excluding hydrogens is 1450 g/mol. The van der Waals surface area contributed by atoms with Crippen LogP contribution in [0.4, 0.5) is 83.9 Å². The summed E-state index contributed by atoms with van der Waals surface area (Å²) in [6.45, 7) is 26.3. The van der Waals surface area contributed by atoms with Crippen molar-refractivity contribution >= 4 is 137 Å². The molecule has 8 N–H and O–H groups in total. The first-order valence-electron chi connectivity index (χ1n) is 38.2. The van der Waals surface area contributed by atoms with E-state index in [4.69, 9.17) is 37.9 Å². The fourth-order valence-corrected chi connectivity index (χ4v) is 12.5. The van der Waals surface area contributed by atoms with Gasteiger partial charge in [0.05, 0.1) is 85.1 Å². The molecule has 0 unspecified atom stereocenters. The lowest BCUT2D eigenvalue weighted by Gasteiger charge is -2.26. The first kappa shape index (κ1) is 83.9. The maximum atomic E-state index is 13.2. The molecule has 10 rings (SSSR count). The summed E-state index contributed by atoms with van der Waals surface area (Å²) in [5.74, 6) is 0. The highest BCUT2D eigenvalue weighted by Gasteiger charge is 2.25. The Hall–Kier alpha value is -12.6. The lowest BCUT2D eigenvalue weighted by atomic mass is 9.79. The Kier molecular flexibility index (Phi) is 28.0. The Morgan fingerprint density at radius 2 is 0.368 bits per heavy atom. The zero-order valence-electron chi connectivity index (χ0n) is 66.8. The molecule has 0 spiro atoms. The van der Waals surface area contributed by atoms with E-state index in [1.54, 1.807) is 121 Å². The van der Waals surface area contributed by atoms with Gasteiger partial charge in [0.25, 0.3) is 0 Å². The summed E-state index contributed by atoms with van der Waals surface area (Å²) >= 11 is 0. The standard InChI is InChI=1S/C90H102N8O16/c1-87(2,3)59-49-57(50-60(53-59)88(4,5)6)55-113-85(105)97-77-41-25-31-67-69(77)33-23-39-75(67)95-83(103)111-47-17-15-45-109-81(101)93-73-37-21-27-63-65(73)29-19-35-71(63)91-79(99)107-43-13-14-44-108-80(100)92-72-36-20-30-66-64(72)28-22-38-74(66)94-82(102)110-46-16-18-48-112-84(104)96-76-40-24-34-70-68(76)32-26-42-78(70)98-86(106)114-56-58-51-61(89(7,8)9)54-62(52-58)90(10,11)12/h19-42,49-54H,13-18,43-48,55-56H2,1-12H3,(H,91,99)(H,92,100)(H,93,101)(H,94,102)(H,95,103)(H,96,104)(H,97,105)(H,98,106). The fourth-order valence-electron chi connectivity index (χ4n) is 12.5. The number of carbonyl (C=O) groups is 8. The molecule has 598 valence electrons. The fraction of sp³-hybridized carbons (Fsp3) is 0.333. The Morgan fingerprint density at radius 3 is 0.518 bits per heavy atom. The van der Waals surface area contributed by atoms with Gasteiger partial charge in [0, 0.05) is 43.1 Å². The second-order valence-corrected chi connectivity index (χ2v) is 31.8. The van der Waals surface area contributed by atoms with Crippen LogP contribution in [-0.4, -0.2) is 88.4 Å². The van der Waals surface area contributed by atoms with E-state index in [9.17, 15) is 38.4 Å². The van der Waals surface area contributed by atoms with Gasteiger partial charge in [0.15, 0.2) is 0 Å². The maximum absolute atomic E-state index is 13.2. The number of ether oxygens (including phenoxy) is 8. The van der Waals surface area contributed by atoms with Gasteiger partial charge in [-0.25, -0.2) is 38.4 Å². The lowest BCUT2D eigenvalue weighted by Crippen LogP contribution is -2.18. The first-order valence-corrected chi connectivity index (χ1v) is 38.2. The van der Waals surface area contributed by atoms with Crippen molar-refractivity contribution in [3.05, 3.63) is 215 Å². The van der Waals surface area contributed by atoms with Gasteiger partial charge in [0.2, 0.25) is 0 Å². The highest BCUT2D eigenvalue weighted by molar-refractivity contribution is 6.11. The quantitative estimate of drug-likeness (QED) is 0.0175. The number of carbonyl (C=O) groups excluding carboxylic acids is 8. The third-order valence-corrected chi connectivity index (χ3v) is 18.8. The number of benzene rings is 10. The van der Waals surface area contributed by atoms with Crippen LogP contribution in [0.25, 0.3) is 43.1 Å². The summed E-state index contributed by atoms with van der Waals surface area (Å²) in [7, 11) is 0. The minimum absolute atomic E-state index is 0.0286. The minimum atomic E-state index is -0.709. The van der Waals surface area contributed by atoms with E-state index in [0.29, 0.717) is 127 Å². The zero-order chi connectivity index (χ0) is 81.7. The van der Waals surface area contributed by atoms with Crippen molar-refractivity contribution in [2.75, 3.05) is 82.2 Å². The molecule has 0 saturated carbocycles. The van der Waals surface area contributed by atoms with Gasteiger partial charge in [0.1, 0.15) is 13.2 Å². The summed E-state index contributed by atoms with van der Waals surface area (Å²) in [5.41, 5.74) is 9.82. The molecular formula is C90H102N8O16. The van der Waals surface area contributed by atoms with E-state index in [1.165, 1.54) is 0 Å². The molecule has 10 aromatic carbocycles. The van der Waals surface area contributed by atoms with Crippen LogP contribution < -0.4 is 42.5 Å². The number of unbranched alkanes of at least 4 members (excludes halogenated alkanes) is 3. The van der Waals surface area contributed by atoms with Crippen molar-refractivity contribution in [1.82, 2.24) is 0 Å². The summed E-state index contributed by atoms with van der Waals surface area (Å²) < 4.78 is 44.1. The Labute approximate surface area is 664 Å². The molecule has 0 bridgehead atoms. The Balaban J connectivity index is 0.577. The lowest BCUT2D eigenvalue weighted by molar-refractivity contribution is 0.143. The third kappa shape index (κ3) is 24.0. The molecule has 0 heterocycles. The van der Waals surface area contributed by atoms with Crippen molar-refractivity contribution in [2.45, 2.75) is 156 Å². The number of nitrogens with one attached hydrogen (secondary N) is 8. The summed E-state index contributed by atoms with van der Waals surface area (Å²) in [5, 5.41) is 27.6. The van der Waals surface area contributed by atoms with Gasteiger partial charge >= 0.3 is 48.7 Å². The smallest absolute Gasteiger partial charge is 0.411 e. The maximum Gasteiger partial charge on any atom is 0.411 e. The molecule has 0 atom stereocenters. The number of rotatable bonds is 27. The van der Waals surface area contributed by atoms with E-state index in [0.717, 1.165) is 33.4 Å². The van der Waals surface area contributed by atoms with Crippen LogP contribution in [0.1, 0.15) is 155 Å². The zero-order valence-corrected chi connectivity index (χ0v) is 66.8. The average Bonchev–Trinajstić information content (AvgIpc) is 0.996. The first-order chi connectivity index (χ1) is 54.3. The minimum Gasteiger partial charge on any atom is -0.449 e. The highest BCUT2D eigenvalue weighted by Crippen LogP contribution is 2.37. The molecule has 0 aromatic heterocycles. The van der Waals surface area contributed by atoms with Crippen LogP contribution in [0.3, 0.4) is 0 Å². The van der Waals surface area contributed by atoms with Gasteiger partial charge in [-0.05, 0) is 142 Å². The molecule has 10 aromatic rings. The number of hydrogen-bond donors (Lipinski definition) is 8. The van der Waals surface area contributed by atoms with E-state index in [1.807, 2.05) is 24.3 Å². The molecule has 0 radical (unpaired) electrons. The monoisotopic (exact) mass is 1550 g/mol. The predicted octanol–water partition coefficient (Wildman–Crippen LogP) is 22.7. The van der Waals surface area contributed by atoms with E-state index >= 15 is 0 Å². The molecule has 0 aliphatic heterocycles. The second kappa shape index (κ2) is 38.1. The van der Waals surface area contributed by atoms with Gasteiger partial charge in [-0.1, -0.05) is 217 Å². The van der Waals surface area contributed by atoms with Crippen molar-refractivity contribution in [3.63, 3.8) is 0 Å². The van der Waals surface area contributed by atoms with Crippen molar-refractivity contribution in [3.8, 4) is 0 Å². The Bertz CT molecular complexity index is 4770. The van der Waals surface area contributed by atoms with Gasteiger partial charge in [-0.3, -0.25) is 42.5 Å². The van der Waals surface area contributed by atoms with E-state index < -0.39 is 48.7 Å². The SMILES string of the molecule is CC(C)(C)c1cc(COC(=O)Nc2cccc3c(NC(=O)OCCCCOC(=O)Nc4cccc5c(NC(=O)OCCCCOC(=O)Nc6cccc7c(NC(=O)OCCCCOC(=O)Nc8cccc9c(NC(=O)OCc%10cc(C(C)(C)C)cc(C(C)(C)C)c%10)cccc89)cccc67)cccc45)cccc23)cc(C(C)(C)C)c1. The normalized spacial score (nSPS) is 11.6. The summed E-state index contributed by atoms with van der Waals surface area (Å²) in [6, 6.07) is 55.0. The van der Waals surface area contributed by atoms with Gasteiger partial charge in [-0.2, -0.15) is 0 Å². The average molecular weight is 1550 g/mol. The number of fused-ring (bicyclic) bond motifs is 4. The molecule has 8 amide bonds. The van der Waals surface area contributed by atoms with Crippen molar-refractivity contribution in [2.24, 2.45) is 0 Å². The molecule has 0 fully saturated rings. The van der Waals surface area contributed by atoms with Gasteiger partial charge < -0.3 is 37.9 Å². The van der Waals surface area contributed by atoms with Crippen LogP contribution in [0, 0.1) is 0 Å². The van der Waals surface area contributed by atoms with Crippen LogP contribution in [0.15, 0.2) is 182 Å². The van der Waals surface area contributed by atoms with Crippen molar-refractivity contribution < 1.29 is 76.3 Å². The number of anilines is 8. The summed E-state index contributed by atoms with van der Waals surface area (Å²) in [4.78, 5) is 104. The van der Waals surface area contributed by atoms with Crippen LogP contribution >= 0.6 is 0 Å². The molecule has 0 aliphatic carbocycles. The molecule has 24 nitrogen and oxygen atoms in total. The third-order valence-electron chi connectivity index (χ3n) is 18.8. The van der Waals surface area contributed by atoms with E-state index in [2.05, 4.69) is 162 Å². The molecule has 114 heavy (non-hydrogen) atoms. The van der Waals surface area contributed by atoms with Crippen molar-refractivity contribution in [1.29, 1.82) is 0 Å². The second-order valence-electron chi connectivity index (χ2n) is 31.8. The van der Waals surface area contributed by atoms with Crippen LogP contribution in [0.2, 0.25) is 0 Å². The van der Waals surface area contributed by atoms with E-state index in [-0.39, 0.29) is 74.5 Å². The molecule has 0 aliphatic rings. The Morgan fingerprint density at radius 1 is 0.219 bits per heavy atom. The number of amides is 8. The number of hydrogen-bond acceptors (Lipinski definition) is 16. The van der Waals surface area contributed by atoms with Gasteiger partial charge in [-0.15, -0.1) is 0 Å². The topological polar surface area (TPSA) is 307 Å². The molecule has 24 heteroatoms. The largest absolute Gasteiger partial charge is 0.449 e. The molecule has 0 saturated heterocycles. The summed E-state index contributed by atoms with van der Waals surface area (Å²) in [6.07, 6.45) is -3.03. The van der Waals surface area contributed by atoms with Crippen LogP contribution in [-0.2, 0) is 72.8 Å².